The number of carboxylic acids is 1. The summed E-state index contributed by atoms with van der Waals surface area (Å²) in [5.41, 5.74) is 0. The number of nitrogens with zero attached hydrogens (tertiary/aromatic N) is 2. The van der Waals surface area contributed by atoms with E-state index in [-0.39, 0.29) is 11.8 Å². The number of aliphatic carboxylic acids is 1. The van der Waals surface area contributed by atoms with Crippen molar-refractivity contribution in [3.8, 4) is 0 Å². The highest BCUT2D eigenvalue weighted by Gasteiger charge is 2.30. The number of carbonyl (C=O) groups is 2. The van der Waals surface area contributed by atoms with Crippen LogP contribution in [0.1, 0.15) is 34.1 Å². The van der Waals surface area contributed by atoms with E-state index >= 15 is 0 Å². The van der Waals surface area contributed by atoms with Crippen LogP contribution in [0.2, 0.25) is 0 Å². The van der Waals surface area contributed by atoms with Crippen LogP contribution in [0.5, 0.6) is 0 Å². The zero-order valence-corrected chi connectivity index (χ0v) is 13.1. The third-order valence-corrected chi connectivity index (χ3v) is 3.50. The molecule has 0 aromatic heterocycles. The fourth-order valence-corrected chi connectivity index (χ4v) is 2.63. The number of hydrogen-bond donors (Lipinski definition) is 1. The summed E-state index contributed by atoms with van der Waals surface area (Å²) in [6, 6.07) is 0. The molecule has 0 aromatic rings. The Morgan fingerprint density at radius 2 is 1.75 bits per heavy atom. The van der Waals surface area contributed by atoms with Gasteiger partial charge >= 0.3 is 5.97 Å². The Hall–Kier alpha value is -1.10. The first-order valence-corrected chi connectivity index (χ1v) is 7.52. The Morgan fingerprint density at radius 3 is 2.15 bits per heavy atom. The lowest BCUT2D eigenvalue weighted by Crippen LogP contribution is -2.43. The van der Waals surface area contributed by atoms with Gasteiger partial charge in [-0.15, -0.1) is 0 Å². The van der Waals surface area contributed by atoms with Gasteiger partial charge in [-0.1, -0.05) is 27.7 Å². The van der Waals surface area contributed by atoms with Gasteiger partial charge in [0.1, 0.15) is 0 Å². The zero-order valence-electron chi connectivity index (χ0n) is 13.1. The summed E-state index contributed by atoms with van der Waals surface area (Å²) in [4.78, 5) is 27.2. The summed E-state index contributed by atoms with van der Waals surface area (Å²) < 4.78 is 0. The summed E-state index contributed by atoms with van der Waals surface area (Å²) in [5, 5.41) is 8.99. The highest BCUT2D eigenvalue weighted by atomic mass is 16.4. The van der Waals surface area contributed by atoms with Crippen LogP contribution in [0.25, 0.3) is 0 Å². The molecule has 0 spiro atoms. The van der Waals surface area contributed by atoms with E-state index < -0.39 is 5.97 Å². The number of carbonyl (C=O) groups excluding carboxylic acids is 1. The number of amides is 1. The number of carboxylic acid groups (broad SMARTS) is 1. The standard InChI is InChI=1S/C15H28N2O3/c1-11(2)7-17(8-12(3)4)14(18)10-16-6-5-13(9-16)15(19)20/h11-13H,5-10H2,1-4H3,(H,19,20). The summed E-state index contributed by atoms with van der Waals surface area (Å²) in [7, 11) is 0. The number of rotatable bonds is 7. The molecule has 1 aliphatic heterocycles. The van der Waals surface area contributed by atoms with E-state index in [4.69, 9.17) is 5.11 Å². The Bertz CT molecular complexity index is 332. The molecule has 116 valence electrons. The highest BCUT2D eigenvalue weighted by Crippen LogP contribution is 2.16. The van der Waals surface area contributed by atoms with E-state index in [0.717, 1.165) is 13.1 Å². The van der Waals surface area contributed by atoms with Crippen LogP contribution in [-0.2, 0) is 9.59 Å². The molecule has 1 amide bonds. The first-order valence-electron chi connectivity index (χ1n) is 7.52. The Kier molecular flexibility index (Phi) is 6.46. The minimum atomic E-state index is -0.749. The molecule has 1 atom stereocenters. The molecular weight excluding hydrogens is 256 g/mol. The van der Waals surface area contributed by atoms with Crippen LogP contribution in [0, 0.1) is 17.8 Å². The van der Waals surface area contributed by atoms with E-state index in [1.807, 2.05) is 9.80 Å². The van der Waals surface area contributed by atoms with Crippen LogP contribution < -0.4 is 0 Å². The van der Waals surface area contributed by atoms with E-state index in [1.165, 1.54) is 0 Å². The van der Waals surface area contributed by atoms with Crippen LogP contribution in [0.4, 0.5) is 0 Å². The summed E-state index contributed by atoms with van der Waals surface area (Å²) in [6.45, 7) is 11.5. The summed E-state index contributed by atoms with van der Waals surface area (Å²) in [6.07, 6.45) is 0.650. The van der Waals surface area contributed by atoms with Crippen molar-refractivity contribution in [3.63, 3.8) is 0 Å². The molecule has 0 bridgehead atoms. The van der Waals surface area contributed by atoms with Crippen molar-refractivity contribution in [2.75, 3.05) is 32.7 Å². The molecule has 1 N–H and O–H groups in total. The summed E-state index contributed by atoms with van der Waals surface area (Å²) in [5.74, 6) is -0.0443. The molecule has 20 heavy (non-hydrogen) atoms. The Labute approximate surface area is 121 Å². The second-order valence-corrected chi connectivity index (χ2v) is 6.65. The van der Waals surface area contributed by atoms with Crippen LogP contribution in [0.15, 0.2) is 0 Å². The Morgan fingerprint density at radius 1 is 1.20 bits per heavy atom. The van der Waals surface area contributed by atoms with Crippen molar-refractivity contribution in [1.29, 1.82) is 0 Å². The molecule has 0 saturated carbocycles. The largest absolute Gasteiger partial charge is 0.481 e. The van der Waals surface area contributed by atoms with Crippen LogP contribution >= 0.6 is 0 Å². The SMILES string of the molecule is CC(C)CN(CC(C)C)C(=O)CN1CCC(C(=O)O)C1. The molecule has 1 unspecified atom stereocenters. The molecule has 5 nitrogen and oxygen atoms in total. The monoisotopic (exact) mass is 284 g/mol. The lowest BCUT2D eigenvalue weighted by molar-refractivity contribution is -0.141. The third-order valence-electron chi connectivity index (χ3n) is 3.50. The first kappa shape index (κ1) is 17.0. The molecule has 0 aromatic carbocycles. The molecule has 1 rings (SSSR count). The predicted octanol–water partition coefficient (Wildman–Crippen LogP) is 1.53. The average Bonchev–Trinajstić information content (AvgIpc) is 2.75. The van der Waals surface area contributed by atoms with E-state index in [1.54, 1.807) is 0 Å². The second-order valence-electron chi connectivity index (χ2n) is 6.65. The quantitative estimate of drug-likeness (QED) is 0.770. The maximum Gasteiger partial charge on any atom is 0.307 e. The van der Waals surface area contributed by atoms with E-state index in [9.17, 15) is 9.59 Å². The lowest BCUT2D eigenvalue weighted by atomic mass is 10.1. The molecule has 5 heteroatoms. The maximum absolute atomic E-state index is 12.4. The smallest absolute Gasteiger partial charge is 0.307 e. The highest BCUT2D eigenvalue weighted by molar-refractivity contribution is 5.78. The predicted molar refractivity (Wildman–Crippen MR) is 78.4 cm³/mol. The average molecular weight is 284 g/mol. The van der Waals surface area contributed by atoms with Gasteiger partial charge in [-0.05, 0) is 24.8 Å². The third kappa shape index (κ3) is 5.49. The van der Waals surface area contributed by atoms with E-state index in [2.05, 4.69) is 27.7 Å². The molecular formula is C15H28N2O3. The van der Waals surface area contributed by atoms with Gasteiger partial charge in [0.25, 0.3) is 0 Å². The van der Waals surface area contributed by atoms with Gasteiger partial charge < -0.3 is 10.0 Å². The van der Waals surface area contributed by atoms with Crippen molar-refractivity contribution < 1.29 is 14.7 Å². The topological polar surface area (TPSA) is 60.9 Å². The molecule has 0 radical (unpaired) electrons. The van der Waals surface area contributed by atoms with Crippen molar-refractivity contribution >= 4 is 11.9 Å². The summed E-state index contributed by atoms with van der Waals surface area (Å²) >= 11 is 0. The molecule has 1 heterocycles. The van der Waals surface area contributed by atoms with E-state index in [0.29, 0.717) is 37.9 Å². The van der Waals surface area contributed by atoms with Gasteiger partial charge in [0.05, 0.1) is 12.5 Å². The second kappa shape index (κ2) is 7.62. The van der Waals surface area contributed by atoms with Crippen molar-refractivity contribution in [2.24, 2.45) is 17.8 Å². The normalized spacial score (nSPS) is 19.8. The van der Waals surface area contributed by atoms with Gasteiger partial charge in [0.2, 0.25) is 5.91 Å². The minimum Gasteiger partial charge on any atom is -0.481 e. The molecule has 0 aliphatic carbocycles. The van der Waals surface area contributed by atoms with Crippen molar-refractivity contribution in [1.82, 2.24) is 9.80 Å². The first-order chi connectivity index (χ1) is 9.29. The van der Waals surface area contributed by atoms with Gasteiger partial charge in [-0.3, -0.25) is 14.5 Å². The molecule has 1 saturated heterocycles. The lowest BCUT2D eigenvalue weighted by Gasteiger charge is -2.28. The van der Waals surface area contributed by atoms with Crippen molar-refractivity contribution in [2.45, 2.75) is 34.1 Å². The number of hydrogen-bond acceptors (Lipinski definition) is 3. The van der Waals surface area contributed by atoms with Gasteiger partial charge in [0.15, 0.2) is 0 Å². The van der Waals surface area contributed by atoms with Crippen LogP contribution in [0.3, 0.4) is 0 Å². The fraction of sp³-hybridized carbons (Fsp3) is 0.867. The van der Waals surface area contributed by atoms with Gasteiger partial charge in [-0.2, -0.15) is 0 Å². The Balaban J connectivity index is 2.51. The van der Waals surface area contributed by atoms with Gasteiger partial charge in [-0.25, -0.2) is 0 Å². The van der Waals surface area contributed by atoms with Gasteiger partial charge in [0, 0.05) is 19.6 Å². The molecule has 1 aliphatic rings. The fourth-order valence-electron chi connectivity index (χ4n) is 2.63. The number of likely N-dealkylation sites (tertiary alicyclic amines) is 1. The maximum atomic E-state index is 12.4. The minimum absolute atomic E-state index is 0.124. The van der Waals surface area contributed by atoms with Crippen LogP contribution in [-0.4, -0.2) is 59.5 Å². The molecule has 1 fully saturated rings. The van der Waals surface area contributed by atoms with Crippen molar-refractivity contribution in [3.05, 3.63) is 0 Å². The zero-order chi connectivity index (χ0) is 15.3.